The lowest BCUT2D eigenvalue weighted by Crippen LogP contribution is -2.14. The Bertz CT molecular complexity index is 630. The van der Waals surface area contributed by atoms with Gasteiger partial charge in [0, 0.05) is 8.04 Å². The monoisotopic (exact) mass is 453 g/mol. The predicted octanol–water partition coefficient (Wildman–Crippen LogP) is 5.10. The van der Waals surface area contributed by atoms with Crippen molar-refractivity contribution in [2.75, 3.05) is 5.32 Å². The van der Waals surface area contributed by atoms with Gasteiger partial charge in [-0.25, -0.2) is 4.39 Å². The van der Waals surface area contributed by atoms with Gasteiger partial charge in [0.05, 0.1) is 16.3 Å². The Morgan fingerprint density at radius 2 is 2.05 bits per heavy atom. The van der Waals surface area contributed by atoms with E-state index < -0.39 is 11.7 Å². The molecule has 2 nitrogen and oxygen atoms in total. The quantitative estimate of drug-likeness (QED) is 0.629. The van der Waals surface area contributed by atoms with E-state index in [0.717, 1.165) is 3.57 Å². The van der Waals surface area contributed by atoms with E-state index in [1.807, 2.05) is 0 Å². The van der Waals surface area contributed by atoms with Gasteiger partial charge in [0.15, 0.2) is 0 Å². The van der Waals surface area contributed by atoms with Crippen molar-refractivity contribution in [3.63, 3.8) is 0 Å². The maximum absolute atomic E-state index is 13.6. The highest BCUT2D eigenvalue weighted by Crippen LogP contribution is 2.26. The van der Waals surface area contributed by atoms with E-state index >= 15 is 0 Å². The number of benzene rings is 2. The van der Waals surface area contributed by atoms with Crippen LogP contribution >= 0.6 is 50.1 Å². The van der Waals surface area contributed by atoms with Crippen LogP contribution < -0.4 is 5.32 Å². The van der Waals surface area contributed by atoms with E-state index in [9.17, 15) is 9.18 Å². The first kappa shape index (κ1) is 14.7. The highest BCUT2D eigenvalue weighted by molar-refractivity contribution is 14.1. The molecule has 6 heteroatoms. The van der Waals surface area contributed by atoms with Crippen molar-refractivity contribution in [1.82, 2.24) is 0 Å². The number of anilines is 1. The molecule has 2 aromatic carbocycles. The van der Waals surface area contributed by atoms with Gasteiger partial charge in [-0.15, -0.1) is 0 Å². The Balaban J connectivity index is 2.31. The normalized spacial score (nSPS) is 10.3. The number of hydrogen-bond donors (Lipinski definition) is 1. The number of carbonyl (C=O) groups excluding carboxylic acids is 1. The van der Waals surface area contributed by atoms with Crippen LogP contribution in [0, 0.1) is 9.39 Å². The smallest absolute Gasteiger partial charge is 0.259 e. The van der Waals surface area contributed by atoms with Crippen LogP contribution in [-0.4, -0.2) is 5.91 Å². The first-order valence-corrected chi connectivity index (χ1v) is 7.44. The molecule has 0 aromatic heterocycles. The predicted molar refractivity (Wildman–Crippen MR) is 86.2 cm³/mol. The third kappa shape index (κ3) is 3.46. The summed E-state index contributed by atoms with van der Waals surface area (Å²) in [5.41, 5.74) is 0.402. The van der Waals surface area contributed by atoms with Crippen LogP contribution in [-0.2, 0) is 0 Å². The second-order valence-corrected chi connectivity index (χ2v) is 6.18. The minimum Gasteiger partial charge on any atom is -0.321 e. The number of halogens is 4. The molecular weight excluding hydrogens is 447 g/mol. The van der Waals surface area contributed by atoms with Crippen molar-refractivity contribution < 1.29 is 9.18 Å². The molecule has 0 spiro atoms. The SMILES string of the molecule is O=C(Nc1ccc(I)cc1Cl)c1c(F)cccc1Br. The fraction of sp³-hybridized carbons (Fsp3) is 0. The summed E-state index contributed by atoms with van der Waals surface area (Å²) < 4.78 is 15.0. The minimum absolute atomic E-state index is 0.0443. The van der Waals surface area contributed by atoms with Gasteiger partial charge in [-0.1, -0.05) is 17.7 Å². The molecular formula is C13H7BrClFINO. The van der Waals surface area contributed by atoms with E-state index in [0.29, 0.717) is 15.2 Å². The average Bonchev–Trinajstić information content (AvgIpc) is 2.32. The van der Waals surface area contributed by atoms with Crippen molar-refractivity contribution in [2.45, 2.75) is 0 Å². The molecule has 0 atom stereocenters. The summed E-state index contributed by atoms with van der Waals surface area (Å²) >= 11 is 11.3. The number of carbonyl (C=O) groups is 1. The molecule has 0 aliphatic heterocycles. The highest BCUT2D eigenvalue weighted by Gasteiger charge is 2.16. The molecule has 2 aromatic rings. The van der Waals surface area contributed by atoms with Crippen LogP contribution in [0.1, 0.15) is 10.4 Å². The van der Waals surface area contributed by atoms with Crippen molar-refractivity contribution in [3.8, 4) is 0 Å². The van der Waals surface area contributed by atoms with E-state index in [4.69, 9.17) is 11.6 Å². The van der Waals surface area contributed by atoms with E-state index in [-0.39, 0.29) is 5.56 Å². The van der Waals surface area contributed by atoms with Gasteiger partial charge in [-0.05, 0) is 68.9 Å². The van der Waals surface area contributed by atoms with Crippen LogP contribution in [0.15, 0.2) is 40.9 Å². The molecule has 0 aliphatic carbocycles. The molecule has 0 radical (unpaired) electrons. The molecule has 0 aliphatic rings. The summed E-state index contributed by atoms with van der Waals surface area (Å²) in [6.07, 6.45) is 0. The average molecular weight is 454 g/mol. The summed E-state index contributed by atoms with van der Waals surface area (Å²) in [5, 5.41) is 3.00. The molecule has 1 amide bonds. The minimum atomic E-state index is -0.589. The molecule has 98 valence electrons. The Morgan fingerprint density at radius 1 is 1.32 bits per heavy atom. The zero-order valence-corrected chi connectivity index (χ0v) is 13.9. The number of rotatable bonds is 2. The van der Waals surface area contributed by atoms with Gasteiger partial charge in [0.2, 0.25) is 0 Å². The van der Waals surface area contributed by atoms with Gasteiger partial charge < -0.3 is 5.32 Å². The van der Waals surface area contributed by atoms with Crippen molar-refractivity contribution in [1.29, 1.82) is 0 Å². The molecule has 0 saturated carbocycles. The first-order valence-electron chi connectivity index (χ1n) is 5.19. The molecule has 0 fully saturated rings. The Kier molecular flexibility index (Phi) is 4.81. The maximum atomic E-state index is 13.6. The summed E-state index contributed by atoms with van der Waals surface area (Å²) in [5.74, 6) is -1.14. The van der Waals surface area contributed by atoms with Crippen LogP contribution in [0.25, 0.3) is 0 Å². The van der Waals surface area contributed by atoms with E-state index in [2.05, 4.69) is 43.8 Å². The lowest BCUT2D eigenvalue weighted by molar-refractivity contribution is 0.102. The number of hydrogen-bond acceptors (Lipinski definition) is 1. The first-order chi connectivity index (χ1) is 8.99. The fourth-order valence-corrected chi connectivity index (χ4v) is 2.92. The number of amides is 1. The molecule has 1 N–H and O–H groups in total. The molecule has 0 bridgehead atoms. The molecule has 0 unspecified atom stereocenters. The lowest BCUT2D eigenvalue weighted by Gasteiger charge is -2.09. The molecule has 2 rings (SSSR count). The lowest BCUT2D eigenvalue weighted by atomic mass is 10.2. The van der Waals surface area contributed by atoms with Crippen molar-refractivity contribution in [3.05, 3.63) is 60.8 Å². The largest absolute Gasteiger partial charge is 0.321 e. The van der Waals surface area contributed by atoms with Gasteiger partial charge in [0.1, 0.15) is 5.82 Å². The zero-order chi connectivity index (χ0) is 14.0. The molecule has 0 saturated heterocycles. The van der Waals surface area contributed by atoms with Crippen LogP contribution in [0.3, 0.4) is 0 Å². The Hall–Kier alpha value is -0.660. The van der Waals surface area contributed by atoms with Gasteiger partial charge >= 0.3 is 0 Å². The third-order valence-corrected chi connectivity index (χ3v) is 4.01. The summed E-state index contributed by atoms with van der Waals surface area (Å²) in [6.45, 7) is 0. The zero-order valence-electron chi connectivity index (χ0n) is 9.38. The van der Waals surface area contributed by atoms with Crippen LogP contribution in [0.4, 0.5) is 10.1 Å². The maximum Gasteiger partial charge on any atom is 0.259 e. The number of nitrogens with one attached hydrogen (secondary N) is 1. The Labute approximate surface area is 136 Å². The van der Waals surface area contributed by atoms with Crippen LogP contribution in [0.5, 0.6) is 0 Å². The highest BCUT2D eigenvalue weighted by atomic mass is 127. The van der Waals surface area contributed by atoms with E-state index in [1.54, 1.807) is 24.3 Å². The van der Waals surface area contributed by atoms with Gasteiger partial charge in [-0.3, -0.25) is 4.79 Å². The van der Waals surface area contributed by atoms with Gasteiger partial charge in [-0.2, -0.15) is 0 Å². The Morgan fingerprint density at radius 3 is 2.68 bits per heavy atom. The van der Waals surface area contributed by atoms with Crippen molar-refractivity contribution >= 4 is 61.7 Å². The van der Waals surface area contributed by atoms with Crippen LogP contribution in [0.2, 0.25) is 5.02 Å². The standard InChI is InChI=1S/C13H7BrClFINO/c14-8-2-1-3-10(16)12(8)13(19)18-11-5-4-7(17)6-9(11)15/h1-6H,(H,18,19). The van der Waals surface area contributed by atoms with Crippen molar-refractivity contribution in [2.24, 2.45) is 0 Å². The summed E-state index contributed by atoms with van der Waals surface area (Å²) in [4.78, 5) is 12.1. The second-order valence-electron chi connectivity index (χ2n) is 3.67. The fourth-order valence-electron chi connectivity index (χ4n) is 1.49. The second kappa shape index (κ2) is 6.19. The molecule has 0 heterocycles. The van der Waals surface area contributed by atoms with E-state index in [1.165, 1.54) is 12.1 Å². The third-order valence-electron chi connectivity index (χ3n) is 2.37. The topological polar surface area (TPSA) is 29.1 Å². The summed E-state index contributed by atoms with van der Waals surface area (Å²) in [6, 6.07) is 9.56. The summed E-state index contributed by atoms with van der Waals surface area (Å²) in [7, 11) is 0. The molecule has 19 heavy (non-hydrogen) atoms. The van der Waals surface area contributed by atoms with Gasteiger partial charge in [0.25, 0.3) is 5.91 Å².